The lowest BCUT2D eigenvalue weighted by molar-refractivity contribution is -0.138. The number of nitrogens with zero attached hydrogens (tertiary/aromatic N) is 2. The quantitative estimate of drug-likeness (QED) is 0.812. The molecule has 0 aliphatic carbocycles. The van der Waals surface area contributed by atoms with Gasteiger partial charge in [-0.3, -0.25) is 14.4 Å². The van der Waals surface area contributed by atoms with Crippen molar-refractivity contribution in [3.8, 4) is 0 Å². The molecule has 0 radical (unpaired) electrons. The molecule has 19 heavy (non-hydrogen) atoms. The highest BCUT2D eigenvalue weighted by Gasteiger charge is 2.11. The summed E-state index contributed by atoms with van der Waals surface area (Å²) in [5.41, 5.74) is 0.662. The average Bonchev–Trinajstić information content (AvgIpc) is 2.35. The van der Waals surface area contributed by atoms with Crippen molar-refractivity contribution in [2.75, 3.05) is 13.6 Å². The van der Waals surface area contributed by atoms with Crippen molar-refractivity contribution in [3.63, 3.8) is 0 Å². The van der Waals surface area contributed by atoms with Crippen molar-refractivity contribution in [1.29, 1.82) is 0 Å². The second kappa shape index (κ2) is 6.72. The molecule has 0 fully saturated rings. The lowest BCUT2D eigenvalue weighted by atomic mass is 10.3. The van der Waals surface area contributed by atoms with Crippen LogP contribution in [-0.4, -0.2) is 40.0 Å². The summed E-state index contributed by atoms with van der Waals surface area (Å²) in [4.78, 5) is 35.2. The Morgan fingerprint density at radius 2 is 2.00 bits per heavy atom. The van der Waals surface area contributed by atoms with Crippen molar-refractivity contribution in [2.24, 2.45) is 0 Å². The molecular formula is C13H18N2O4. The first-order chi connectivity index (χ1) is 8.91. The van der Waals surface area contributed by atoms with E-state index in [2.05, 4.69) is 0 Å². The fourth-order valence-corrected chi connectivity index (χ4v) is 1.70. The van der Waals surface area contributed by atoms with Crippen molar-refractivity contribution in [3.05, 3.63) is 34.2 Å². The van der Waals surface area contributed by atoms with Crippen LogP contribution in [0, 0.1) is 6.92 Å². The van der Waals surface area contributed by atoms with Crippen LogP contribution in [0.25, 0.3) is 0 Å². The Hall–Kier alpha value is -2.11. The van der Waals surface area contributed by atoms with Gasteiger partial charge in [0, 0.05) is 38.3 Å². The zero-order chi connectivity index (χ0) is 14.4. The van der Waals surface area contributed by atoms with Crippen LogP contribution in [0.5, 0.6) is 0 Å². The van der Waals surface area contributed by atoms with E-state index in [4.69, 9.17) is 5.11 Å². The summed E-state index contributed by atoms with van der Waals surface area (Å²) in [6.07, 6.45) is 0.105. The minimum atomic E-state index is -0.935. The predicted molar refractivity (Wildman–Crippen MR) is 69.9 cm³/mol. The maximum absolute atomic E-state index is 11.8. The van der Waals surface area contributed by atoms with Gasteiger partial charge in [-0.05, 0) is 13.0 Å². The molecule has 1 amide bonds. The van der Waals surface area contributed by atoms with Crippen LogP contribution >= 0.6 is 0 Å². The van der Waals surface area contributed by atoms with Crippen molar-refractivity contribution in [2.45, 2.75) is 26.3 Å². The third-order valence-electron chi connectivity index (χ3n) is 2.90. The van der Waals surface area contributed by atoms with Crippen LogP contribution < -0.4 is 5.56 Å². The summed E-state index contributed by atoms with van der Waals surface area (Å²) in [7, 11) is 1.56. The van der Waals surface area contributed by atoms with Crippen molar-refractivity contribution >= 4 is 11.9 Å². The van der Waals surface area contributed by atoms with E-state index in [-0.39, 0.29) is 30.9 Å². The van der Waals surface area contributed by atoms with E-state index in [1.807, 2.05) is 0 Å². The number of carboxylic acid groups (broad SMARTS) is 1. The fraction of sp³-hybridized carbons (Fsp3) is 0.462. The number of aromatic nitrogens is 1. The van der Waals surface area contributed by atoms with Gasteiger partial charge in [0.2, 0.25) is 5.91 Å². The molecular weight excluding hydrogens is 248 g/mol. The zero-order valence-electron chi connectivity index (χ0n) is 11.1. The number of aryl methyl sites for hydroxylation is 1. The Bertz CT molecular complexity index is 522. The standard InChI is InChI=1S/C13H18N2O4/c1-10-4-3-5-12(17)15(10)9-6-11(16)14(2)8-7-13(18)19/h3-5H,6-9H2,1-2H3,(H,18,19). The van der Waals surface area contributed by atoms with Gasteiger partial charge in [0.05, 0.1) is 6.42 Å². The molecule has 0 saturated heterocycles. The molecule has 1 aromatic rings. The summed E-state index contributed by atoms with van der Waals surface area (Å²) in [6.45, 7) is 2.29. The van der Waals surface area contributed by atoms with Gasteiger partial charge in [0.15, 0.2) is 0 Å². The van der Waals surface area contributed by atoms with E-state index in [1.165, 1.54) is 15.5 Å². The highest BCUT2D eigenvalue weighted by atomic mass is 16.4. The van der Waals surface area contributed by atoms with E-state index in [0.717, 1.165) is 5.69 Å². The van der Waals surface area contributed by atoms with Crippen LogP contribution in [0.4, 0.5) is 0 Å². The molecule has 0 bridgehead atoms. The van der Waals surface area contributed by atoms with Gasteiger partial charge in [0.25, 0.3) is 5.56 Å². The number of aliphatic carboxylic acids is 1. The highest BCUT2D eigenvalue weighted by molar-refractivity contribution is 5.76. The minimum Gasteiger partial charge on any atom is -0.481 e. The lowest BCUT2D eigenvalue weighted by Gasteiger charge is -2.16. The van der Waals surface area contributed by atoms with Crippen LogP contribution in [0.15, 0.2) is 23.0 Å². The molecule has 6 heteroatoms. The largest absolute Gasteiger partial charge is 0.481 e. The third-order valence-corrected chi connectivity index (χ3v) is 2.90. The number of hydrogen-bond acceptors (Lipinski definition) is 3. The van der Waals surface area contributed by atoms with E-state index in [9.17, 15) is 14.4 Å². The van der Waals surface area contributed by atoms with Crippen molar-refractivity contribution < 1.29 is 14.7 Å². The molecule has 0 saturated carbocycles. The van der Waals surface area contributed by atoms with E-state index in [1.54, 1.807) is 26.1 Å². The van der Waals surface area contributed by atoms with E-state index >= 15 is 0 Å². The number of carbonyl (C=O) groups excluding carboxylic acids is 1. The summed E-state index contributed by atoms with van der Waals surface area (Å²) in [6, 6.07) is 4.93. The zero-order valence-corrected chi connectivity index (χ0v) is 11.1. The first kappa shape index (κ1) is 14.9. The molecule has 0 aromatic carbocycles. The fourth-order valence-electron chi connectivity index (χ4n) is 1.70. The number of pyridine rings is 1. The number of amides is 1. The smallest absolute Gasteiger partial charge is 0.305 e. The maximum Gasteiger partial charge on any atom is 0.305 e. The number of rotatable bonds is 6. The molecule has 6 nitrogen and oxygen atoms in total. The second-order valence-corrected chi connectivity index (χ2v) is 4.37. The average molecular weight is 266 g/mol. The molecule has 1 aromatic heterocycles. The molecule has 1 rings (SSSR count). The SMILES string of the molecule is Cc1cccc(=O)n1CCC(=O)N(C)CCC(=O)O. The summed E-state index contributed by atoms with van der Waals surface area (Å²) in [5.74, 6) is -1.11. The Morgan fingerprint density at radius 1 is 1.32 bits per heavy atom. The molecule has 0 atom stereocenters. The Morgan fingerprint density at radius 3 is 2.58 bits per heavy atom. The molecule has 0 unspecified atom stereocenters. The van der Waals surface area contributed by atoms with Gasteiger partial charge in [-0.2, -0.15) is 0 Å². The Kier molecular flexibility index (Phi) is 5.29. The monoisotopic (exact) mass is 266 g/mol. The Balaban J connectivity index is 2.54. The molecule has 104 valence electrons. The summed E-state index contributed by atoms with van der Waals surface area (Å²) in [5, 5.41) is 8.54. The number of carbonyl (C=O) groups is 2. The van der Waals surface area contributed by atoms with Crippen LogP contribution in [-0.2, 0) is 16.1 Å². The van der Waals surface area contributed by atoms with Gasteiger partial charge in [-0.25, -0.2) is 0 Å². The second-order valence-electron chi connectivity index (χ2n) is 4.37. The van der Waals surface area contributed by atoms with Crippen LogP contribution in [0.3, 0.4) is 0 Å². The minimum absolute atomic E-state index is 0.0768. The third kappa shape index (κ3) is 4.57. The molecule has 1 N–H and O–H groups in total. The molecule has 0 aliphatic heterocycles. The Labute approximate surface area is 111 Å². The van der Waals surface area contributed by atoms with Gasteiger partial charge < -0.3 is 14.6 Å². The van der Waals surface area contributed by atoms with Gasteiger partial charge in [-0.15, -0.1) is 0 Å². The molecule has 1 heterocycles. The molecule has 0 spiro atoms. The number of carboxylic acids is 1. The van der Waals surface area contributed by atoms with E-state index in [0.29, 0.717) is 6.54 Å². The first-order valence-corrected chi connectivity index (χ1v) is 6.04. The van der Waals surface area contributed by atoms with Gasteiger partial charge in [0.1, 0.15) is 0 Å². The number of hydrogen-bond donors (Lipinski definition) is 1. The topological polar surface area (TPSA) is 79.6 Å². The molecule has 0 aliphatic rings. The van der Waals surface area contributed by atoms with E-state index < -0.39 is 5.97 Å². The van der Waals surface area contributed by atoms with Crippen LogP contribution in [0.1, 0.15) is 18.5 Å². The van der Waals surface area contributed by atoms with Gasteiger partial charge >= 0.3 is 5.97 Å². The summed E-state index contributed by atoms with van der Waals surface area (Å²) < 4.78 is 1.53. The first-order valence-electron chi connectivity index (χ1n) is 6.04. The van der Waals surface area contributed by atoms with Gasteiger partial charge in [-0.1, -0.05) is 6.07 Å². The normalized spacial score (nSPS) is 10.2. The van der Waals surface area contributed by atoms with Crippen molar-refractivity contribution in [1.82, 2.24) is 9.47 Å². The summed E-state index contributed by atoms with van der Waals surface area (Å²) >= 11 is 0. The van der Waals surface area contributed by atoms with Crippen LogP contribution in [0.2, 0.25) is 0 Å². The predicted octanol–water partition coefficient (Wildman–Crippen LogP) is 0.480. The highest BCUT2D eigenvalue weighted by Crippen LogP contribution is 1.99. The maximum atomic E-state index is 11.8. The lowest BCUT2D eigenvalue weighted by Crippen LogP contribution is -2.31.